The summed E-state index contributed by atoms with van der Waals surface area (Å²) in [4.78, 5) is 16.2. The lowest BCUT2D eigenvalue weighted by Gasteiger charge is -2.32. The van der Waals surface area contributed by atoms with E-state index < -0.39 is 17.9 Å². The van der Waals surface area contributed by atoms with Crippen LogP contribution in [0.2, 0.25) is 15.1 Å². The molecule has 0 N–H and O–H groups in total. The summed E-state index contributed by atoms with van der Waals surface area (Å²) in [5.41, 5.74) is -0.00782. The zero-order chi connectivity index (χ0) is 19.0. The summed E-state index contributed by atoms with van der Waals surface area (Å²) in [7, 11) is 0. The lowest BCUT2D eigenvalue weighted by molar-refractivity contribution is 0.00364. The molecule has 0 saturated carbocycles. The highest BCUT2D eigenvalue weighted by molar-refractivity contribution is 6.35. The first-order valence-corrected chi connectivity index (χ1v) is 9.04. The van der Waals surface area contributed by atoms with Gasteiger partial charge in [0.15, 0.2) is 6.10 Å². The summed E-state index contributed by atoms with van der Waals surface area (Å²) >= 11 is 18.5. The topological polar surface area (TPSA) is 66.2 Å². The SMILES string of the molecule is O=C1O[C@H](c2ccc(Cl)cc2)[C@@](Cn2cncn2)(c2ccc(Cl)cc2Cl)O1. The number of halogens is 3. The fourth-order valence-electron chi connectivity index (χ4n) is 3.18. The summed E-state index contributed by atoms with van der Waals surface area (Å²) in [6, 6.07) is 12.0. The van der Waals surface area contributed by atoms with Crippen molar-refractivity contribution in [2.45, 2.75) is 18.2 Å². The molecule has 27 heavy (non-hydrogen) atoms. The number of ether oxygens (including phenoxy) is 2. The molecule has 1 aromatic heterocycles. The van der Waals surface area contributed by atoms with Crippen molar-refractivity contribution in [2.24, 2.45) is 0 Å². The van der Waals surface area contributed by atoms with E-state index in [-0.39, 0.29) is 6.54 Å². The molecule has 138 valence electrons. The van der Waals surface area contributed by atoms with Gasteiger partial charge in [-0.3, -0.25) is 0 Å². The number of nitrogens with zero attached hydrogens (tertiary/aromatic N) is 3. The van der Waals surface area contributed by atoms with Gasteiger partial charge in [0.1, 0.15) is 12.7 Å². The Morgan fingerprint density at radius 2 is 1.81 bits per heavy atom. The minimum Gasteiger partial charge on any atom is -0.421 e. The zero-order valence-corrected chi connectivity index (χ0v) is 15.9. The number of rotatable bonds is 4. The average molecular weight is 425 g/mol. The molecular formula is C18H12Cl3N3O3. The van der Waals surface area contributed by atoms with Crippen LogP contribution in [0.4, 0.5) is 4.79 Å². The first-order valence-electron chi connectivity index (χ1n) is 7.91. The molecule has 0 aliphatic carbocycles. The van der Waals surface area contributed by atoms with E-state index in [0.29, 0.717) is 26.2 Å². The van der Waals surface area contributed by atoms with Gasteiger partial charge in [-0.25, -0.2) is 14.5 Å². The van der Waals surface area contributed by atoms with Crippen molar-refractivity contribution in [3.8, 4) is 0 Å². The van der Waals surface area contributed by atoms with E-state index in [1.807, 2.05) is 0 Å². The molecule has 3 aromatic rings. The standard InChI is InChI=1S/C18H12Cl3N3O3/c19-12-3-1-11(2-4-12)16-18(27-17(25)26-16,8-24-10-22-9-23-24)14-6-5-13(20)7-15(14)21/h1-7,9-10,16H,8H2/t16-,18-/m1/s1. The minimum atomic E-state index is -1.26. The fraction of sp³-hybridized carbons (Fsp3) is 0.167. The van der Waals surface area contributed by atoms with E-state index >= 15 is 0 Å². The highest BCUT2D eigenvalue weighted by Gasteiger charge is 2.55. The largest absolute Gasteiger partial charge is 0.510 e. The van der Waals surface area contributed by atoms with Gasteiger partial charge in [-0.05, 0) is 29.8 Å². The Balaban J connectivity index is 1.89. The lowest BCUT2D eigenvalue weighted by atomic mass is 9.84. The van der Waals surface area contributed by atoms with Gasteiger partial charge in [0.25, 0.3) is 0 Å². The second-order valence-electron chi connectivity index (χ2n) is 6.01. The van der Waals surface area contributed by atoms with Crippen molar-refractivity contribution < 1.29 is 14.3 Å². The minimum absolute atomic E-state index is 0.146. The Morgan fingerprint density at radius 3 is 2.48 bits per heavy atom. The summed E-state index contributed by atoms with van der Waals surface area (Å²) < 4.78 is 12.8. The van der Waals surface area contributed by atoms with E-state index in [0.717, 1.165) is 0 Å². The summed E-state index contributed by atoms with van der Waals surface area (Å²) in [5.74, 6) is 0. The fourth-order valence-corrected chi connectivity index (χ4v) is 3.87. The number of cyclic esters (lactones) is 2. The Bertz CT molecular complexity index is 979. The van der Waals surface area contributed by atoms with Gasteiger partial charge in [-0.1, -0.05) is 53.0 Å². The molecule has 1 aliphatic rings. The Morgan fingerprint density at radius 1 is 1.07 bits per heavy atom. The monoisotopic (exact) mass is 423 g/mol. The van der Waals surface area contributed by atoms with E-state index in [9.17, 15) is 4.79 Å². The quantitative estimate of drug-likeness (QED) is 0.549. The Labute approximate surface area is 169 Å². The van der Waals surface area contributed by atoms with Crippen LogP contribution in [0.1, 0.15) is 17.2 Å². The summed E-state index contributed by atoms with van der Waals surface area (Å²) in [6.45, 7) is 0.146. The normalized spacial score (nSPS) is 21.7. The van der Waals surface area contributed by atoms with Crippen molar-refractivity contribution in [3.05, 3.63) is 81.3 Å². The molecule has 0 amide bonds. The van der Waals surface area contributed by atoms with Gasteiger partial charge in [-0.15, -0.1) is 0 Å². The van der Waals surface area contributed by atoms with Gasteiger partial charge in [0.05, 0.1) is 6.54 Å². The van der Waals surface area contributed by atoms with Crippen molar-refractivity contribution in [3.63, 3.8) is 0 Å². The van der Waals surface area contributed by atoms with Crippen LogP contribution in [0, 0.1) is 0 Å². The molecule has 0 radical (unpaired) electrons. The number of carbonyl (C=O) groups is 1. The molecule has 1 fully saturated rings. The van der Waals surface area contributed by atoms with E-state index in [1.54, 1.807) is 47.1 Å². The van der Waals surface area contributed by atoms with Crippen molar-refractivity contribution in [2.75, 3.05) is 0 Å². The van der Waals surface area contributed by atoms with Crippen LogP contribution in [-0.2, 0) is 21.6 Å². The van der Waals surface area contributed by atoms with Crippen LogP contribution in [0.25, 0.3) is 0 Å². The molecule has 2 atom stereocenters. The molecular weight excluding hydrogens is 413 g/mol. The number of hydrogen-bond acceptors (Lipinski definition) is 5. The number of carbonyl (C=O) groups excluding carboxylic acids is 1. The molecule has 1 saturated heterocycles. The summed E-state index contributed by atoms with van der Waals surface area (Å²) in [6.07, 6.45) is 1.34. The molecule has 2 aromatic carbocycles. The van der Waals surface area contributed by atoms with E-state index in [2.05, 4.69) is 10.1 Å². The first-order chi connectivity index (χ1) is 13.0. The smallest absolute Gasteiger partial charge is 0.421 e. The van der Waals surface area contributed by atoms with E-state index in [4.69, 9.17) is 44.3 Å². The second kappa shape index (κ2) is 7.03. The molecule has 9 heteroatoms. The Hall–Kier alpha value is -2.28. The third kappa shape index (κ3) is 3.36. The number of aromatic nitrogens is 3. The maximum atomic E-state index is 12.2. The van der Waals surface area contributed by atoms with E-state index in [1.165, 1.54) is 12.7 Å². The van der Waals surface area contributed by atoms with Crippen molar-refractivity contribution in [1.29, 1.82) is 0 Å². The van der Waals surface area contributed by atoms with Crippen LogP contribution in [0.3, 0.4) is 0 Å². The van der Waals surface area contributed by atoms with Gasteiger partial charge >= 0.3 is 6.16 Å². The summed E-state index contributed by atoms with van der Waals surface area (Å²) in [5, 5.41) is 5.51. The predicted octanol–water partition coefficient (Wildman–Crippen LogP) is 5.04. The van der Waals surface area contributed by atoms with Crippen LogP contribution >= 0.6 is 34.8 Å². The highest BCUT2D eigenvalue weighted by atomic mass is 35.5. The van der Waals surface area contributed by atoms with Crippen LogP contribution in [-0.4, -0.2) is 20.9 Å². The molecule has 0 spiro atoms. The molecule has 6 nitrogen and oxygen atoms in total. The lowest BCUT2D eigenvalue weighted by Crippen LogP contribution is -2.37. The van der Waals surface area contributed by atoms with Crippen LogP contribution < -0.4 is 0 Å². The molecule has 2 heterocycles. The molecule has 0 bridgehead atoms. The second-order valence-corrected chi connectivity index (χ2v) is 7.29. The third-order valence-corrected chi connectivity index (χ3v) is 5.13. The third-order valence-electron chi connectivity index (χ3n) is 4.33. The average Bonchev–Trinajstić information content (AvgIpc) is 3.24. The maximum absolute atomic E-state index is 12.2. The van der Waals surface area contributed by atoms with Crippen LogP contribution in [0.15, 0.2) is 55.1 Å². The van der Waals surface area contributed by atoms with Gasteiger partial charge in [0.2, 0.25) is 5.60 Å². The van der Waals surface area contributed by atoms with Crippen molar-refractivity contribution >= 4 is 41.0 Å². The Kier molecular flexibility index (Phi) is 4.72. The van der Waals surface area contributed by atoms with Crippen LogP contribution in [0.5, 0.6) is 0 Å². The van der Waals surface area contributed by atoms with Gasteiger partial charge < -0.3 is 9.47 Å². The maximum Gasteiger partial charge on any atom is 0.510 e. The van der Waals surface area contributed by atoms with Crippen molar-refractivity contribution in [1.82, 2.24) is 14.8 Å². The predicted molar refractivity (Wildman–Crippen MR) is 99.9 cm³/mol. The highest BCUT2D eigenvalue weighted by Crippen LogP contribution is 2.50. The molecule has 0 unspecified atom stereocenters. The number of hydrogen-bond donors (Lipinski definition) is 0. The molecule has 4 rings (SSSR count). The zero-order valence-electron chi connectivity index (χ0n) is 13.7. The first kappa shape index (κ1) is 18.1. The van der Waals surface area contributed by atoms with Gasteiger partial charge in [0, 0.05) is 20.6 Å². The number of benzene rings is 2. The van der Waals surface area contributed by atoms with Gasteiger partial charge in [-0.2, -0.15) is 5.10 Å². The molecule has 1 aliphatic heterocycles.